The number of para-hydroxylation sites is 1. The zero-order valence-corrected chi connectivity index (χ0v) is 22.3. The first-order chi connectivity index (χ1) is 19.1. The van der Waals surface area contributed by atoms with Gasteiger partial charge in [-0.3, -0.25) is 14.4 Å². The van der Waals surface area contributed by atoms with Gasteiger partial charge in [0.1, 0.15) is 18.5 Å². The second kappa shape index (κ2) is 12.7. The van der Waals surface area contributed by atoms with Crippen LogP contribution in [0.15, 0.2) is 84.9 Å². The average Bonchev–Trinajstić information content (AvgIpc) is 3.22. The highest BCUT2D eigenvalue weighted by Crippen LogP contribution is 2.31. The fourth-order valence-electron chi connectivity index (χ4n) is 4.91. The molecule has 1 atom stereocenters. The lowest BCUT2D eigenvalue weighted by Gasteiger charge is -2.23. The number of carbonyl (C=O) groups is 2. The number of imide groups is 1. The molecule has 3 aromatic carbocycles. The molecule has 1 aliphatic heterocycles. The van der Waals surface area contributed by atoms with Gasteiger partial charge in [0.05, 0.1) is 22.3 Å². The Balaban J connectivity index is 1.25. The van der Waals surface area contributed by atoms with E-state index in [1.807, 2.05) is 60.7 Å². The Hall–Kier alpha value is -4.03. The lowest BCUT2D eigenvalue weighted by atomic mass is 10.0. The van der Waals surface area contributed by atoms with Crippen LogP contribution in [-0.4, -0.2) is 21.9 Å². The van der Waals surface area contributed by atoms with Gasteiger partial charge in [0.2, 0.25) is 0 Å². The third-order valence-corrected chi connectivity index (χ3v) is 7.10. The van der Waals surface area contributed by atoms with Crippen LogP contribution in [-0.2, 0) is 11.4 Å². The summed E-state index contributed by atoms with van der Waals surface area (Å²) in [5, 5.41) is 2.03. The van der Waals surface area contributed by atoms with Gasteiger partial charge in [0.15, 0.2) is 0 Å². The van der Waals surface area contributed by atoms with Crippen LogP contribution in [0.1, 0.15) is 89.9 Å². The lowest BCUT2D eigenvalue weighted by molar-refractivity contribution is -0.137. The summed E-state index contributed by atoms with van der Waals surface area (Å²) >= 11 is 0. The summed E-state index contributed by atoms with van der Waals surface area (Å²) in [7, 11) is 0. The second-order valence-electron chi connectivity index (χ2n) is 9.95. The van der Waals surface area contributed by atoms with Crippen molar-refractivity contribution in [2.75, 3.05) is 0 Å². The molecule has 0 bridgehead atoms. The van der Waals surface area contributed by atoms with Crippen molar-refractivity contribution in [3.63, 3.8) is 0 Å². The van der Waals surface area contributed by atoms with Crippen LogP contribution in [0.3, 0.4) is 0 Å². The quantitative estimate of drug-likeness (QED) is 0.132. The SMILES string of the molecule is CCCCCCCCC(ON1C(=O)c2ccccc2C1=O)c1ccc(OCc2ccc3ccccc3n2)cc1. The van der Waals surface area contributed by atoms with Crippen LogP contribution in [0.25, 0.3) is 10.9 Å². The maximum Gasteiger partial charge on any atom is 0.285 e. The minimum absolute atomic E-state index is 0.358. The standard InChI is InChI=1S/C33H34N2O4/c1-2-3-4-5-6-7-16-31(39-35-32(36)28-13-9-10-14-29(28)33(35)37)25-18-21-27(22-19-25)38-23-26-20-17-24-12-8-11-15-30(24)34-26/h8-15,17-22,31H,2-7,16,23H2,1H3. The molecule has 0 spiro atoms. The molecule has 0 radical (unpaired) electrons. The smallest absolute Gasteiger partial charge is 0.285 e. The molecule has 2 amide bonds. The molecule has 5 rings (SSSR count). The van der Waals surface area contributed by atoms with Gasteiger partial charge in [-0.1, -0.05) is 94.0 Å². The van der Waals surface area contributed by atoms with E-state index in [2.05, 4.69) is 11.9 Å². The van der Waals surface area contributed by atoms with E-state index >= 15 is 0 Å². The highest BCUT2D eigenvalue weighted by atomic mass is 16.7. The van der Waals surface area contributed by atoms with Crippen LogP contribution >= 0.6 is 0 Å². The lowest BCUT2D eigenvalue weighted by Crippen LogP contribution is -2.31. The summed E-state index contributed by atoms with van der Waals surface area (Å²) in [6, 6.07) is 26.6. The van der Waals surface area contributed by atoms with Gasteiger partial charge in [-0.15, -0.1) is 5.06 Å². The normalized spacial score (nSPS) is 13.6. The van der Waals surface area contributed by atoms with Crippen molar-refractivity contribution in [3.05, 3.63) is 107 Å². The summed E-state index contributed by atoms with van der Waals surface area (Å²) < 4.78 is 6.00. The maximum atomic E-state index is 12.9. The molecule has 0 N–H and O–H groups in total. The Morgan fingerprint density at radius 1 is 0.744 bits per heavy atom. The maximum absolute atomic E-state index is 12.9. The number of hydrogen-bond donors (Lipinski definition) is 0. The van der Waals surface area contributed by atoms with Crippen LogP contribution in [0, 0.1) is 0 Å². The van der Waals surface area contributed by atoms with Gasteiger partial charge in [0.25, 0.3) is 11.8 Å². The zero-order chi connectivity index (χ0) is 27.0. The number of nitrogens with zero attached hydrogens (tertiary/aromatic N) is 2. The van der Waals surface area contributed by atoms with Gasteiger partial charge in [-0.25, -0.2) is 4.98 Å². The van der Waals surface area contributed by atoms with Crippen molar-refractivity contribution in [2.45, 2.75) is 64.6 Å². The van der Waals surface area contributed by atoms with Gasteiger partial charge in [0, 0.05) is 5.39 Å². The largest absolute Gasteiger partial charge is 0.487 e. The van der Waals surface area contributed by atoms with E-state index in [-0.39, 0.29) is 0 Å². The van der Waals surface area contributed by atoms with Crippen molar-refractivity contribution in [2.24, 2.45) is 0 Å². The Labute approximate surface area is 229 Å². The number of rotatable bonds is 13. The van der Waals surface area contributed by atoms with Crippen LogP contribution in [0.5, 0.6) is 5.75 Å². The fourth-order valence-corrected chi connectivity index (χ4v) is 4.91. The molecule has 0 saturated heterocycles. The van der Waals surface area contributed by atoms with Gasteiger partial charge in [-0.2, -0.15) is 0 Å². The molecule has 0 saturated carbocycles. The molecule has 0 fully saturated rings. The van der Waals surface area contributed by atoms with E-state index in [0.717, 1.165) is 40.1 Å². The third kappa shape index (κ3) is 6.35. The van der Waals surface area contributed by atoms with Gasteiger partial charge >= 0.3 is 0 Å². The van der Waals surface area contributed by atoms with Crippen molar-refractivity contribution in [3.8, 4) is 5.75 Å². The van der Waals surface area contributed by atoms with Gasteiger partial charge < -0.3 is 4.74 Å². The molecule has 6 heteroatoms. The van der Waals surface area contributed by atoms with Crippen LogP contribution < -0.4 is 4.74 Å². The molecule has 1 aromatic heterocycles. The summed E-state index contributed by atoms with van der Waals surface area (Å²) in [6.07, 6.45) is 7.16. The first-order valence-corrected chi connectivity index (χ1v) is 13.9. The third-order valence-electron chi connectivity index (χ3n) is 7.10. The molecule has 1 aliphatic rings. The van der Waals surface area contributed by atoms with Crippen molar-refractivity contribution >= 4 is 22.7 Å². The highest BCUT2D eigenvalue weighted by Gasteiger charge is 2.38. The molecular weight excluding hydrogens is 488 g/mol. The minimum atomic E-state index is -0.422. The number of fused-ring (bicyclic) bond motifs is 2. The number of hydrogen-bond acceptors (Lipinski definition) is 5. The molecule has 39 heavy (non-hydrogen) atoms. The van der Waals surface area contributed by atoms with E-state index in [4.69, 9.17) is 9.57 Å². The number of benzene rings is 3. The number of amides is 2. The number of pyridine rings is 1. The predicted molar refractivity (Wildman–Crippen MR) is 151 cm³/mol. The number of carbonyl (C=O) groups excluding carboxylic acids is 2. The van der Waals surface area contributed by atoms with Gasteiger partial charge in [-0.05, 0) is 48.4 Å². The van der Waals surface area contributed by atoms with E-state index < -0.39 is 17.9 Å². The number of aromatic nitrogens is 1. The van der Waals surface area contributed by atoms with E-state index in [1.54, 1.807) is 24.3 Å². The van der Waals surface area contributed by atoms with E-state index in [1.165, 1.54) is 25.7 Å². The Morgan fingerprint density at radius 3 is 2.15 bits per heavy atom. The first-order valence-electron chi connectivity index (χ1n) is 13.9. The first kappa shape index (κ1) is 26.6. The molecule has 1 unspecified atom stereocenters. The molecule has 2 heterocycles. The molecule has 4 aromatic rings. The van der Waals surface area contributed by atoms with Crippen LogP contribution in [0.2, 0.25) is 0 Å². The summed E-state index contributed by atoms with van der Waals surface area (Å²) in [4.78, 5) is 36.7. The van der Waals surface area contributed by atoms with Crippen LogP contribution in [0.4, 0.5) is 0 Å². The Bertz CT molecular complexity index is 1400. The van der Waals surface area contributed by atoms with Crippen molar-refractivity contribution in [1.82, 2.24) is 10.0 Å². The molecule has 200 valence electrons. The number of unbranched alkanes of at least 4 members (excludes halogenated alkanes) is 5. The Kier molecular flexibility index (Phi) is 8.64. The van der Waals surface area contributed by atoms with E-state index in [9.17, 15) is 9.59 Å². The van der Waals surface area contributed by atoms with Crippen molar-refractivity contribution in [1.29, 1.82) is 0 Å². The highest BCUT2D eigenvalue weighted by molar-refractivity contribution is 6.20. The monoisotopic (exact) mass is 522 g/mol. The zero-order valence-electron chi connectivity index (χ0n) is 22.3. The molecule has 0 aliphatic carbocycles. The summed E-state index contributed by atoms with van der Waals surface area (Å²) in [5.41, 5.74) is 3.46. The number of hydroxylamine groups is 2. The fraction of sp³-hybridized carbons (Fsp3) is 0.303. The second-order valence-corrected chi connectivity index (χ2v) is 9.95. The molecule has 6 nitrogen and oxygen atoms in total. The average molecular weight is 523 g/mol. The van der Waals surface area contributed by atoms with Crippen molar-refractivity contribution < 1.29 is 19.2 Å². The number of ether oxygens (including phenoxy) is 1. The predicted octanol–water partition coefficient (Wildman–Crippen LogP) is 7.83. The molecular formula is C33H34N2O4. The Morgan fingerprint density at radius 2 is 1.41 bits per heavy atom. The van der Waals surface area contributed by atoms with E-state index in [0.29, 0.717) is 29.9 Å². The minimum Gasteiger partial charge on any atom is -0.487 e. The topological polar surface area (TPSA) is 68.7 Å². The summed E-state index contributed by atoms with van der Waals surface area (Å²) in [5.74, 6) is -0.106. The summed E-state index contributed by atoms with van der Waals surface area (Å²) in [6.45, 7) is 2.56.